The summed E-state index contributed by atoms with van der Waals surface area (Å²) in [6.07, 6.45) is 0. The molecule has 0 fully saturated rings. The van der Waals surface area contributed by atoms with Gasteiger partial charge in [0.05, 0.1) is 0 Å². The largest absolute Gasteiger partial charge is 0.484 e. The lowest BCUT2D eigenvalue weighted by atomic mass is 10.0. The molecule has 0 saturated heterocycles. The molecule has 0 radical (unpaired) electrons. The first kappa shape index (κ1) is 20.5. The van der Waals surface area contributed by atoms with Gasteiger partial charge < -0.3 is 10.1 Å². The molecule has 29 heavy (non-hydrogen) atoms. The van der Waals surface area contributed by atoms with Crippen molar-refractivity contribution in [1.82, 2.24) is 0 Å². The number of rotatable bonds is 8. The van der Waals surface area contributed by atoms with Crippen LogP contribution in [-0.2, 0) is 4.79 Å². The molecule has 0 bridgehead atoms. The van der Waals surface area contributed by atoms with Crippen LogP contribution in [0.4, 0.5) is 14.5 Å². The van der Waals surface area contributed by atoms with Crippen LogP contribution in [0.25, 0.3) is 0 Å². The Kier molecular flexibility index (Phi) is 6.97. The molecular weight excluding hydrogens is 396 g/mol. The number of halogens is 2. The van der Waals surface area contributed by atoms with Gasteiger partial charge in [-0.1, -0.05) is 42.1 Å². The highest BCUT2D eigenvalue weighted by molar-refractivity contribution is 7.99. The Balaban J connectivity index is 1.50. The Morgan fingerprint density at radius 2 is 1.48 bits per heavy atom. The molecule has 0 atom stereocenters. The summed E-state index contributed by atoms with van der Waals surface area (Å²) >= 11 is 0.440. The monoisotopic (exact) mass is 413 g/mol. The number of benzene rings is 3. The van der Waals surface area contributed by atoms with Gasteiger partial charge in [-0.15, -0.1) is 0 Å². The summed E-state index contributed by atoms with van der Waals surface area (Å²) in [5.41, 5.74) is 1.61. The topological polar surface area (TPSA) is 55.4 Å². The highest BCUT2D eigenvalue weighted by Crippen LogP contribution is 2.26. The molecule has 1 N–H and O–H groups in total. The standard InChI is InChI=1S/C22H17F2NO3S/c23-22(24)29-19-12-8-17(9-13-19)25-20(26)14-28-18-10-6-16(7-11-18)21(27)15-4-2-1-3-5-15/h1-13,22H,14H2,(H,25,26). The Morgan fingerprint density at radius 1 is 0.862 bits per heavy atom. The van der Waals surface area contributed by atoms with Gasteiger partial charge in [-0.2, -0.15) is 8.78 Å². The van der Waals surface area contributed by atoms with Crippen LogP contribution < -0.4 is 10.1 Å². The summed E-state index contributed by atoms with van der Waals surface area (Å²) in [7, 11) is 0. The molecule has 148 valence electrons. The fourth-order valence-corrected chi connectivity index (χ4v) is 3.02. The lowest BCUT2D eigenvalue weighted by Crippen LogP contribution is -2.20. The molecule has 3 rings (SSSR count). The molecule has 3 aromatic carbocycles. The molecule has 0 saturated carbocycles. The molecule has 3 aromatic rings. The highest BCUT2D eigenvalue weighted by atomic mass is 32.2. The number of ether oxygens (including phenoxy) is 1. The lowest BCUT2D eigenvalue weighted by Gasteiger charge is -2.09. The van der Waals surface area contributed by atoms with Crippen LogP contribution in [0, 0.1) is 0 Å². The van der Waals surface area contributed by atoms with Crippen molar-refractivity contribution >= 4 is 29.1 Å². The van der Waals surface area contributed by atoms with Crippen molar-refractivity contribution in [2.24, 2.45) is 0 Å². The third-order valence-corrected chi connectivity index (χ3v) is 4.61. The van der Waals surface area contributed by atoms with Crippen molar-refractivity contribution in [3.05, 3.63) is 90.0 Å². The second-order valence-corrected chi connectivity index (χ2v) is 7.02. The van der Waals surface area contributed by atoms with Crippen LogP contribution >= 0.6 is 11.8 Å². The van der Waals surface area contributed by atoms with E-state index in [4.69, 9.17) is 4.74 Å². The second kappa shape index (κ2) is 9.84. The average Bonchev–Trinajstić information content (AvgIpc) is 2.74. The van der Waals surface area contributed by atoms with Gasteiger partial charge in [-0.25, -0.2) is 0 Å². The molecule has 1 amide bonds. The molecular formula is C22H17F2NO3S. The summed E-state index contributed by atoms with van der Waals surface area (Å²) in [6, 6.07) is 21.6. The van der Waals surface area contributed by atoms with E-state index < -0.39 is 5.76 Å². The van der Waals surface area contributed by atoms with E-state index in [0.29, 0.717) is 39.2 Å². The molecule has 0 spiro atoms. The first-order chi connectivity index (χ1) is 14.0. The van der Waals surface area contributed by atoms with E-state index in [1.807, 2.05) is 6.07 Å². The summed E-state index contributed by atoms with van der Waals surface area (Å²) in [5, 5.41) is 2.63. The SMILES string of the molecule is O=C(COc1ccc(C(=O)c2ccccc2)cc1)Nc1ccc(SC(F)F)cc1. The van der Waals surface area contributed by atoms with E-state index in [9.17, 15) is 18.4 Å². The summed E-state index contributed by atoms with van der Waals surface area (Å²) in [6.45, 7) is -0.223. The zero-order valence-corrected chi connectivity index (χ0v) is 16.0. The maximum absolute atomic E-state index is 12.4. The molecule has 7 heteroatoms. The van der Waals surface area contributed by atoms with Gasteiger partial charge in [0.15, 0.2) is 12.4 Å². The number of ketones is 1. The smallest absolute Gasteiger partial charge is 0.288 e. The van der Waals surface area contributed by atoms with E-state index >= 15 is 0 Å². The maximum Gasteiger partial charge on any atom is 0.288 e. The van der Waals surface area contributed by atoms with Crippen LogP contribution in [0.1, 0.15) is 15.9 Å². The van der Waals surface area contributed by atoms with Crippen LogP contribution in [0.15, 0.2) is 83.8 Å². The number of anilines is 1. The first-order valence-corrected chi connectivity index (χ1v) is 9.56. The number of amides is 1. The van der Waals surface area contributed by atoms with Crippen molar-refractivity contribution < 1.29 is 23.1 Å². The zero-order valence-electron chi connectivity index (χ0n) is 15.2. The highest BCUT2D eigenvalue weighted by Gasteiger charge is 2.10. The van der Waals surface area contributed by atoms with Crippen molar-refractivity contribution in [3.8, 4) is 5.75 Å². The summed E-state index contributed by atoms with van der Waals surface area (Å²) in [5.74, 6) is -2.52. The fourth-order valence-electron chi connectivity index (χ4n) is 2.52. The second-order valence-electron chi connectivity index (χ2n) is 5.96. The maximum atomic E-state index is 12.4. The van der Waals surface area contributed by atoms with Crippen LogP contribution in [0.5, 0.6) is 5.75 Å². The minimum atomic E-state index is -2.49. The van der Waals surface area contributed by atoms with Gasteiger partial charge in [0.2, 0.25) is 0 Å². The van der Waals surface area contributed by atoms with E-state index in [1.165, 1.54) is 12.1 Å². The molecule has 0 aromatic heterocycles. The third-order valence-electron chi connectivity index (χ3n) is 3.89. The van der Waals surface area contributed by atoms with E-state index in [-0.39, 0.29) is 18.3 Å². The van der Waals surface area contributed by atoms with Gasteiger partial charge >= 0.3 is 0 Å². The molecule has 0 unspecified atom stereocenters. The number of hydrogen-bond donors (Lipinski definition) is 1. The van der Waals surface area contributed by atoms with Gasteiger partial charge in [0.1, 0.15) is 5.75 Å². The van der Waals surface area contributed by atoms with E-state index in [2.05, 4.69) is 5.32 Å². The number of nitrogens with one attached hydrogen (secondary N) is 1. The number of thioether (sulfide) groups is 1. The van der Waals surface area contributed by atoms with Crippen LogP contribution in [0.3, 0.4) is 0 Å². The van der Waals surface area contributed by atoms with Crippen molar-refractivity contribution in [1.29, 1.82) is 0 Å². The zero-order chi connectivity index (χ0) is 20.6. The molecule has 4 nitrogen and oxygen atoms in total. The van der Waals surface area contributed by atoms with Gasteiger partial charge in [0.25, 0.3) is 11.7 Å². The van der Waals surface area contributed by atoms with Crippen LogP contribution in [0.2, 0.25) is 0 Å². The van der Waals surface area contributed by atoms with E-state index in [1.54, 1.807) is 60.7 Å². The number of alkyl halides is 2. The fraction of sp³-hybridized carbons (Fsp3) is 0.0909. The summed E-state index contributed by atoms with van der Waals surface area (Å²) < 4.78 is 30.0. The minimum absolute atomic E-state index is 0.0941. The van der Waals surface area contributed by atoms with Gasteiger partial charge in [-0.05, 0) is 48.5 Å². The van der Waals surface area contributed by atoms with Crippen molar-refractivity contribution in [3.63, 3.8) is 0 Å². The Labute approximate surface area is 170 Å². The number of carbonyl (C=O) groups excluding carboxylic acids is 2. The van der Waals surface area contributed by atoms with Crippen LogP contribution in [-0.4, -0.2) is 24.1 Å². The summed E-state index contributed by atoms with van der Waals surface area (Å²) in [4.78, 5) is 24.8. The predicted molar refractivity (Wildman–Crippen MR) is 109 cm³/mol. The molecule has 0 aliphatic rings. The van der Waals surface area contributed by atoms with Gasteiger partial charge in [-0.3, -0.25) is 9.59 Å². The first-order valence-electron chi connectivity index (χ1n) is 8.68. The molecule has 0 aliphatic heterocycles. The third kappa shape index (κ3) is 6.15. The van der Waals surface area contributed by atoms with E-state index in [0.717, 1.165) is 0 Å². The van der Waals surface area contributed by atoms with Crippen molar-refractivity contribution in [2.75, 3.05) is 11.9 Å². The van der Waals surface area contributed by atoms with Crippen molar-refractivity contribution in [2.45, 2.75) is 10.7 Å². The Hall–Kier alpha value is -3.19. The lowest BCUT2D eigenvalue weighted by molar-refractivity contribution is -0.118. The molecule has 0 aliphatic carbocycles. The Morgan fingerprint density at radius 3 is 2.10 bits per heavy atom. The van der Waals surface area contributed by atoms with Gasteiger partial charge in [0, 0.05) is 21.7 Å². The number of carbonyl (C=O) groups is 2. The Bertz CT molecular complexity index is 962. The minimum Gasteiger partial charge on any atom is -0.484 e. The average molecular weight is 413 g/mol. The quantitative estimate of drug-likeness (QED) is 0.405. The predicted octanol–water partition coefficient (Wildman–Crippen LogP) is 5.25. The molecule has 0 heterocycles. The normalized spacial score (nSPS) is 10.6. The number of hydrogen-bond acceptors (Lipinski definition) is 4.